The number of nitrogens with zero attached hydrogens (tertiary/aromatic N) is 3. The van der Waals surface area contributed by atoms with Gasteiger partial charge in [-0.05, 0) is 36.8 Å². The lowest BCUT2D eigenvalue weighted by Gasteiger charge is -2.32. The number of carboxylic acid groups (broad SMARTS) is 2. The molecule has 2 atom stereocenters. The van der Waals surface area contributed by atoms with E-state index >= 15 is 0 Å². The van der Waals surface area contributed by atoms with Gasteiger partial charge in [0.15, 0.2) is 0 Å². The van der Waals surface area contributed by atoms with Crippen molar-refractivity contribution < 1.29 is 24.6 Å². The fourth-order valence-electron chi connectivity index (χ4n) is 4.03. The molecule has 2 aliphatic rings. The molecule has 0 saturated carbocycles. The first-order chi connectivity index (χ1) is 13.9. The van der Waals surface area contributed by atoms with Gasteiger partial charge in [-0.15, -0.1) is 0 Å². The van der Waals surface area contributed by atoms with Gasteiger partial charge in [0, 0.05) is 30.0 Å². The third-order valence-corrected chi connectivity index (χ3v) is 5.23. The summed E-state index contributed by atoms with van der Waals surface area (Å²) in [5.74, 6) is -0.252. The molecule has 0 aromatic heterocycles. The summed E-state index contributed by atoms with van der Waals surface area (Å²) in [5.41, 5.74) is 1.90. The molecule has 9 nitrogen and oxygen atoms in total. The number of fused-ring (bicyclic) bond motifs is 2. The van der Waals surface area contributed by atoms with E-state index in [4.69, 9.17) is 0 Å². The number of amides is 3. The second-order valence-corrected chi connectivity index (χ2v) is 7.07. The van der Waals surface area contributed by atoms with E-state index in [1.165, 1.54) is 0 Å². The van der Waals surface area contributed by atoms with Gasteiger partial charge in [-0.2, -0.15) is 0 Å². The van der Waals surface area contributed by atoms with Crippen molar-refractivity contribution in [2.75, 3.05) is 23.3 Å². The van der Waals surface area contributed by atoms with Crippen molar-refractivity contribution in [1.29, 1.82) is 0 Å². The molecule has 2 aromatic carbocycles. The molecule has 2 heterocycles. The Labute approximate surface area is 166 Å². The number of benzene rings is 2. The van der Waals surface area contributed by atoms with Crippen LogP contribution < -0.4 is 10.2 Å². The molecule has 0 spiro atoms. The molecule has 29 heavy (non-hydrogen) atoms. The predicted molar refractivity (Wildman–Crippen MR) is 105 cm³/mol. The van der Waals surface area contributed by atoms with E-state index in [1.54, 1.807) is 30.3 Å². The summed E-state index contributed by atoms with van der Waals surface area (Å²) in [6.45, 7) is 0.715. The monoisotopic (exact) mass is 396 g/mol. The standard InChI is InChI=1S/C20H20N4O5/c25-18(21-14-6-2-1-3-7-14)13-5-4-8-15(9-13)22-11-16-10-17(12-22)24(20(28)29)23(16)19(26)27/h1-9,16-17H,10-12H2,(H,21,25)(H,26,27)(H,28,29). The summed E-state index contributed by atoms with van der Waals surface area (Å²) in [6.07, 6.45) is -2.10. The van der Waals surface area contributed by atoms with Crippen LogP contribution >= 0.6 is 0 Å². The fourth-order valence-corrected chi connectivity index (χ4v) is 4.03. The van der Waals surface area contributed by atoms with Gasteiger partial charge in [0.2, 0.25) is 0 Å². The second-order valence-electron chi connectivity index (χ2n) is 7.07. The van der Waals surface area contributed by atoms with Gasteiger partial charge in [0.25, 0.3) is 5.91 Å². The molecule has 3 N–H and O–H groups in total. The normalized spacial score (nSPS) is 20.5. The minimum Gasteiger partial charge on any atom is -0.464 e. The van der Waals surface area contributed by atoms with Crippen LogP contribution in [0.2, 0.25) is 0 Å². The van der Waals surface area contributed by atoms with Gasteiger partial charge in [-0.3, -0.25) is 4.79 Å². The first-order valence-electron chi connectivity index (χ1n) is 9.19. The zero-order valence-electron chi connectivity index (χ0n) is 15.4. The SMILES string of the molecule is O=C(Nc1ccccc1)c1cccc(N2CC3CC(C2)N(C(=O)O)N3C(=O)O)c1. The molecule has 3 amide bonds. The Morgan fingerprint density at radius 2 is 1.48 bits per heavy atom. The first-order valence-corrected chi connectivity index (χ1v) is 9.19. The number of nitrogens with one attached hydrogen (secondary N) is 1. The van der Waals surface area contributed by atoms with E-state index in [9.17, 15) is 24.6 Å². The molecule has 2 unspecified atom stereocenters. The summed E-state index contributed by atoms with van der Waals surface area (Å²) in [7, 11) is 0. The van der Waals surface area contributed by atoms with Crippen LogP contribution in [0.1, 0.15) is 16.8 Å². The highest BCUT2D eigenvalue weighted by atomic mass is 16.4. The quantitative estimate of drug-likeness (QED) is 0.735. The Bertz CT molecular complexity index is 923. The zero-order chi connectivity index (χ0) is 20.5. The van der Waals surface area contributed by atoms with E-state index in [0.717, 1.165) is 15.7 Å². The van der Waals surface area contributed by atoms with E-state index in [0.29, 0.717) is 30.8 Å². The first kappa shape index (κ1) is 18.6. The Balaban J connectivity index is 1.54. The number of rotatable bonds is 3. The van der Waals surface area contributed by atoms with Crippen LogP contribution in [0.25, 0.3) is 0 Å². The Morgan fingerprint density at radius 1 is 0.862 bits per heavy atom. The van der Waals surface area contributed by atoms with Crippen molar-refractivity contribution in [3.8, 4) is 0 Å². The highest BCUT2D eigenvalue weighted by Crippen LogP contribution is 2.33. The lowest BCUT2D eigenvalue weighted by Crippen LogP contribution is -2.49. The molecule has 2 fully saturated rings. The number of para-hydroxylation sites is 1. The van der Waals surface area contributed by atoms with E-state index in [-0.39, 0.29) is 5.91 Å². The van der Waals surface area contributed by atoms with Gasteiger partial charge < -0.3 is 20.4 Å². The van der Waals surface area contributed by atoms with Gasteiger partial charge in [0.05, 0.1) is 12.1 Å². The molecule has 4 rings (SSSR count). The van der Waals surface area contributed by atoms with E-state index in [2.05, 4.69) is 5.32 Å². The van der Waals surface area contributed by atoms with Crippen molar-refractivity contribution >= 4 is 29.5 Å². The number of carbonyl (C=O) groups excluding carboxylic acids is 1. The van der Waals surface area contributed by atoms with Crippen molar-refractivity contribution in [3.05, 3.63) is 60.2 Å². The zero-order valence-corrected chi connectivity index (χ0v) is 15.4. The number of piperidine rings is 1. The molecule has 2 aromatic rings. The molecule has 2 bridgehead atoms. The van der Waals surface area contributed by atoms with E-state index in [1.807, 2.05) is 29.2 Å². The Hall–Kier alpha value is -3.75. The van der Waals surface area contributed by atoms with Gasteiger partial charge in [-0.1, -0.05) is 24.3 Å². The highest BCUT2D eigenvalue weighted by Gasteiger charge is 2.49. The molecular formula is C20H20N4O5. The molecule has 9 heteroatoms. The van der Waals surface area contributed by atoms with Crippen molar-refractivity contribution in [2.45, 2.75) is 18.5 Å². The lowest BCUT2D eigenvalue weighted by molar-refractivity contribution is 0.00905. The Morgan fingerprint density at radius 3 is 2.07 bits per heavy atom. The fraction of sp³-hybridized carbons (Fsp3) is 0.250. The third-order valence-electron chi connectivity index (χ3n) is 5.23. The summed E-state index contributed by atoms with van der Waals surface area (Å²) >= 11 is 0. The van der Waals surface area contributed by atoms with Crippen LogP contribution in [0.15, 0.2) is 54.6 Å². The maximum atomic E-state index is 12.6. The van der Waals surface area contributed by atoms with Gasteiger partial charge >= 0.3 is 12.2 Å². The largest absolute Gasteiger partial charge is 0.464 e. The van der Waals surface area contributed by atoms with Crippen LogP contribution in [-0.4, -0.2) is 63.5 Å². The number of hydrazine groups is 1. The van der Waals surface area contributed by atoms with Crippen molar-refractivity contribution in [3.63, 3.8) is 0 Å². The molecular weight excluding hydrogens is 376 g/mol. The summed E-state index contributed by atoms with van der Waals surface area (Å²) < 4.78 is 0. The predicted octanol–water partition coefficient (Wildman–Crippen LogP) is 2.77. The minimum atomic E-state index is -1.28. The van der Waals surface area contributed by atoms with E-state index < -0.39 is 24.3 Å². The number of carbonyl (C=O) groups is 3. The Kier molecular flexibility index (Phi) is 4.71. The van der Waals surface area contributed by atoms with Gasteiger partial charge in [-0.25, -0.2) is 19.6 Å². The van der Waals surface area contributed by atoms with Crippen LogP contribution in [0.4, 0.5) is 21.0 Å². The van der Waals surface area contributed by atoms with Crippen LogP contribution in [-0.2, 0) is 0 Å². The van der Waals surface area contributed by atoms with Crippen LogP contribution in [0.3, 0.4) is 0 Å². The average molecular weight is 396 g/mol. The molecule has 2 aliphatic heterocycles. The molecule has 0 aliphatic carbocycles. The summed E-state index contributed by atoms with van der Waals surface area (Å²) in [5, 5.41) is 23.5. The lowest BCUT2D eigenvalue weighted by atomic mass is 10.0. The highest BCUT2D eigenvalue weighted by molar-refractivity contribution is 6.04. The second kappa shape index (κ2) is 7.34. The minimum absolute atomic E-state index is 0.252. The average Bonchev–Trinajstić information content (AvgIpc) is 2.99. The topological polar surface area (TPSA) is 113 Å². The van der Waals surface area contributed by atoms with Gasteiger partial charge in [0.1, 0.15) is 0 Å². The van der Waals surface area contributed by atoms with Crippen molar-refractivity contribution in [1.82, 2.24) is 10.0 Å². The molecule has 2 saturated heterocycles. The smallest absolute Gasteiger partial charge is 0.426 e. The maximum Gasteiger partial charge on any atom is 0.426 e. The van der Waals surface area contributed by atoms with Crippen LogP contribution in [0.5, 0.6) is 0 Å². The van der Waals surface area contributed by atoms with Crippen molar-refractivity contribution in [2.24, 2.45) is 0 Å². The summed E-state index contributed by atoms with van der Waals surface area (Å²) in [6, 6.07) is 15.2. The summed E-state index contributed by atoms with van der Waals surface area (Å²) in [4.78, 5) is 37.6. The number of anilines is 2. The number of hydrogen-bond donors (Lipinski definition) is 3. The molecule has 150 valence electrons. The maximum absolute atomic E-state index is 12.6. The third kappa shape index (κ3) is 3.54. The molecule has 0 radical (unpaired) electrons. The van der Waals surface area contributed by atoms with Crippen LogP contribution in [0, 0.1) is 0 Å². The number of hydrogen-bond acceptors (Lipinski definition) is 4.